The standard InChI is InChI=1S/C13H20N2O2S2/c1-16-9-4-3-5-10(17-2)12(9)13(15-14)11-8-18-6-7-19-11/h3-5,11,13,15H,6-8,14H2,1-2H3. The monoisotopic (exact) mass is 300 g/mol. The van der Waals surface area contributed by atoms with E-state index in [2.05, 4.69) is 5.43 Å². The summed E-state index contributed by atoms with van der Waals surface area (Å²) in [4.78, 5) is 0. The number of hydrazine groups is 1. The van der Waals surface area contributed by atoms with Crippen molar-refractivity contribution < 1.29 is 9.47 Å². The van der Waals surface area contributed by atoms with Gasteiger partial charge in [-0.2, -0.15) is 23.5 Å². The zero-order chi connectivity index (χ0) is 13.7. The normalized spacial score (nSPS) is 20.9. The molecule has 3 N–H and O–H groups in total. The van der Waals surface area contributed by atoms with Crippen LogP contribution in [-0.2, 0) is 0 Å². The molecule has 106 valence electrons. The van der Waals surface area contributed by atoms with E-state index >= 15 is 0 Å². The summed E-state index contributed by atoms with van der Waals surface area (Å²) in [7, 11) is 3.35. The molecule has 6 heteroatoms. The van der Waals surface area contributed by atoms with Crippen LogP contribution in [-0.4, -0.2) is 36.7 Å². The average Bonchev–Trinajstić information content (AvgIpc) is 2.49. The molecular formula is C13H20N2O2S2. The molecule has 0 amide bonds. The number of nitrogens with one attached hydrogen (secondary N) is 1. The molecule has 0 spiro atoms. The third-order valence-electron chi connectivity index (χ3n) is 3.17. The molecule has 2 atom stereocenters. The maximum Gasteiger partial charge on any atom is 0.127 e. The van der Waals surface area contributed by atoms with Gasteiger partial charge in [0.15, 0.2) is 0 Å². The first-order valence-electron chi connectivity index (χ1n) is 6.18. The third-order valence-corrected chi connectivity index (χ3v) is 6.03. The van der Waals surface area contributed by atoms with Gasteiger partial charge in [-0.15, -0.1) is 0 Å². The number of hydrogen-bond acceptors (Lipinski definition) is 6. The molecule has 1 aliphatic rings. The second kappa shape index (κ2) is 7.28. The van der Waals surface area contributed by atoms with E-state index < -0.39 is 0 Å². The van der Waals surface area contributed by atoms with E-state index in [-0.39, 0.29) is 6.04 Å². The van der Waals surface area contributed by atoms with E-state index in [1.807, 2.05) is 41.7 Å². The number of benzene rings is 1. The number of thioether (sulfide) groups is 2. The Morgan fingerprint density at radius 3 is 2.42 bits per heavy atom. The lowest BCUT2D eigenvalue weighted by Gasteiger charge is -2.31. The molecule has 0 aliphatic carbocycles. The first-order valence-corrected chi connectivity index (χ1v) is 8.38. The highest BCUT2D eigenvalue weighted by atomic mass is 32.2. The van der Waals surface area contributed by atoms with E-state index in [1.54, 1.807) is 14.2 Å². The average molecular weight is 300 g/mol. The molecule has 1 aliphatic heterocycles. The summed E-state index contributed by atoms with van der Waals surface area (Å²) >= 11 is 3.92. The molecule has 0 saturated carbocycles. The number of rotatable bonds is 5. The van der Waals surface area contributed by atoms with Gasteiger partial charge in [-0.25, -0.2) is 0 Å². The van der Waals surface area contributed by atoms with E-state index in [1.165, 1.54) is 5.75 Å². The van der Waals surface area contributed by atoms with Gasteiger partial charge < -0.3 is 9.47 Å². The summed E-state index contributed by atoms with van der Waals surface area (Å²) in [6, 6.07) is 5.85. The van der Waals surface area contributed by atoms with Crippen LogP contribution in [0.25, 0.3) is 0 Å². The van der Waals surface area contributed by atoms with Crippen molar-refractivity contribution in [2.45, 2.75) is 11.3 Å². The summed E-state index contributed by atoms with van der Waals surface area (Å²) in [5.41, 5.74) is 3.95. The van der Waals surface area contributed by atoms with Gasteiger partial charge in [0, 0.05) is 22.5 Å². The first-order chi connectivity index (χ1) is 9.31. The largest absolute Gasteiger partial charge is 0.496 e. The van der Waals surface area contributed by atoms with Crippen LogP contribution in [0.2, 0.25) is 0 Å². The van der Waals surface area contributed by atoms with Gasteiger partial charge in [0.1, 0.15) is 11.5 Å². The smallest absolute Gasteiger partial charge is 0.127 e. The Morgan fingerprint density at radius 2 is 1.95 bits per heavy atom. The second-order valence-electron chi connectivity index (χ2n) is 4.20. The number of hydrogen-bond donors (Lipinski definition) is 2. The zero-order valence-electron chi connectivity index (χ0n) is 11.2. The maximum atomic E-state index is 5.80. The molecule has 0 aromatic heterocycles. The van der Waals surface area contributed by atoms with Gasteiger partial charge in [-0.3, -0.25) is 11.3 Å². The molecule has 19 heavy (non-hydrogen) atoms. The molecule has 0 radical (unpaired) electrons. The topological polar surface area (TPSA) is 56.5 Å². The van der Waals surface area contributed by atoms with Crippen molar-refractivity contribution in [1.29, 1.82) is 0 Å². The lowest BCUT2D eigenvalue weighted by atomic mass is 10.0. The highest BCUT2D eigenvalue weighted by Gasteiger charge is 2.29. The van der Waals surface area contributed by atoms with Crippen molar-refractivity contribution in [3.8, 4) is 11.5 Å². The number of ether oxygens (including phenoxy) is 2. The van der Waals surface area contributed by atoms with Gasteiger partial charge in [-0.1, -0.05) is 6.07 Å². The minimum absolute atomic E-state index is 0.0314. The fourth-order valence-corrected chi connectivity index (χ4v) is 5.09. The van der Waals surface area contributed by atoms with E-state index in [4.69, 9.17) is 15.3 Å². The summed E-state index contributed by atoms with van der Waals surface area (Å²) < 4.78 is 10.9. The van der Waals surface area contributed by atoms with Crippen molar-refractivity contribution in [2.75, 3.05) is 31.5 Å². The molecule has 0 bridgehead atoms. The van der Waals surface area contributed by atoms with Crippen LogP contribution in [0.1, 0.15) is 11.6 Å². The summed E-state index contributed by atoms with van der Waals surface area (Å²) in [6.45, 7) is 0. The quantitative estimate of drug-likeness (QED) is 0.641. The highest BCUT2D eigenvalue weighted by molar-refractivity contribution is 8.06. The Bertz CT molecular complexity index is 389. The van der Waals surface area contributed by atoms with Gasteiger partial charge in [-0.05, 0) is 12.1 Å². The fourth-order valence-electron chi connectivity index (χ4n) is 2.26. The van der Waals surface area contributed by atoms with Gasteiger partial charge in [0.2, 0.25) is 0 Å². The molecule has 1 aromatic carbocycles. The predicted molar refractivity (Wildman–Crippen MR) is 83.2 cm³/mol. The lowest BCUT2D eigenvalue weighted by Crippen LogP contribution is -2.38. The fraction of sp³-hybridized carbons (Fsp3) is 0.538. The Labute approximate surface area is 122 Å². The number of nitrogens with two attached hydrogens (primary N) is 1. The van der Waals surface area contributed by atoms with Crippen molar-refractivity contribution in [3.63, 3.8) is 0 Å². The minimum Gasteiger partial charge on any atom is -0.496 e. The predicted octanol–water partition coefficient (Wildman–Crippen LogP) is 2.06. The molecule has 1 fully saturated rings. The molecule has 1 aromatic rings. The van der Waals surface area contributed by atoms with Crippen molar-refractivity contribution in [2.24, 2.45) is 5.84 Å². The maximum absolute atomic E-state index is 5.80. The summed E-state index contributed by atoms with van der Waals surface area (Å²) in [5, 5.41) is 0.425. The lowest BCUT2D eigenvalue weighted by molar-refractivity contribution is 0.370. The van der Waals surface area contributed by atoms with Crippen LogP contribution in [0, 0.1) is 0 Å². The SMILES string of the molecule is COc1cccc(OC)c1C(NN)C1CSCCS1. The Balaban J connectivity index is 2.35. The Kier molecular flexibility index (Phi) is 5.69. The Hall–Kier alpha value is -0.560. The molecule has 1 saturated heterocycles. The zero-order valence-corrected chi connectivity index (χ0v) is 12.9. The van der Waals surface area contributed by atoms with Gasteiger partial charge in [0.05, 0.1) is 25.8 Å². The van der Waals surface area contributed by atoms with Crippen molar-refractivity contribution >= 4 is 23.5 Å². The van der Waals surface area contributed by atoms with Crippen molar-refractivity contribution in [1.82, 2.24) is 5.43 Å². The second-order valence-corrected chi connectivity index (χ2v) is 6.70. The molecule has 2 rings (SSSR count). The Morgan fingerprint density at radius 1 is 1.26 bits per heavy atom. The van der Waals surface area contributed by atoms with Crippen LogP contribution in [0.3, 0.4) is 0 Å². The molecular weight excluding hydrogens is 280 g/mol. The van der Waals surface area contributed by atoms with Crippen LogP contribution < -0.4 is 20.7 Å². The molecule has 1 heterocycles. The van der Waals surface area contributed by atoms with Crippen LogP contribution in [0.4, 0.5) is 0 Å². The van der Waals surface area contributed by atoms with E-state index in [9.17, 15) is 0 Å². The van der Waals surface area contributed by atoms with E-state index in [0.29, 0.717) is 5.25 Å². The molecule has 4 nitrogen and oxygen atoms in total. The molecule has 2 unspecified atom stereocenters. The third kappa shape index (κ3) is 3.31. The van der Waals surface area contributed by atoms with Crippen LogP contribution in [0.5, 0.6) is 11.5 Å². The minimum atomic E-state index is 0.0314. The van der Waals surface area contributed by atoms with Gasteiger partial charge >= 0.3 is 0 Å². The summed E-state index contributed by atoms with van der Waals surface area (Å²) in [5.74, 6) is 10.9. The van der Waals surface area contributed by atoms with Crippen LogP contribution in [0.15, 0.2) is 18.2 Å². The first kappa shape index (κ1) is 14.8. The van der Waals surface area contributed by atoms with E-state index in [0.717, 1.165) is 28.6 Å². The van der Waals surface area contributed by atoms with Crippen molar-refractivity contribution in [3.05, 3.63) is 23.8 Å². The highest BCUT2D eigenvalue weighted by Crippen LogP contribution is 2.40. The number of methoxy groups -OCH3 is 2. The summed E-state index contributed by atoms with van der Waals surface area (Å²) in [6.07, 6.45) is 0. The van der Waals surface area contributed by atoms with Gasteiger partial charge in [0.25, 0.3) is 0 Å². The van der Waals surface area contributed by atoms with Crippen LogP contribution >= 0.6 is 23.5 Å².